The van der Waals surface area contributed by atoms with Crippen LogP contribution in [-0.2, 0) is 11.3 Å². The van der Waals surface area contributed by atoms with E-state index in [1.165, 1.54) is 6.92 Å². The SMILES string of the molecule is CC(=O)Nc1nc2ccccc2n1CCOc1ccccc1. The zero-order valence-corrected chi connectivity index (χ0v) is 12.3. The van der Waals surface area contributed by atoms with Crippen LogP contribution in [0.2, 0.25) is 0 Å². The van der Waals surface area contributed by atoms with Crippen molar-refractivity contribution < 1.29 is 9.53 Å². The van der Waals surface area contributed by atoms with E-state index in [9.17, 15) is 4.79 Å². The van der Waals surface area contributed by atoms with Crippen LogP contribution in [0.3, 0.4) is 0 Å². The molecule has 5 heteroatoms. The van der Waals surface area contributed by atoms with Crippen molar-refractivity contribution in [3.8, 4) is 5.75 Å². The Hall–Kier alpha value is -2.82. The van der Waals surface area contributed by atoms with E-state index in [4.69, 9.17) is 4.74 Å². The van der Waals surface area contributed by atoms with Gasteiger partial charge >= 0.3 is 0 Å². The highest BCUT2D eigenvalue weighted by molar-refractivity contribution is 5.89. The lowest BCUT2D eigenvalue weighted by molar-refractivity contribution is -0.114. The summed E-state index contributed by atoms with van der Waals surface area (Å²) in [4.78, 5) is 15.8. The number of rotatable bonds is 5. The number of aromatic nitrogens is 2. The van der Waals surface area contributed by atoms with Crippen LogP contribution in [0, 0.1) is 0 Å². The Morgan fingerprint density at radius 3 is 2.64 bits per heavy atom. The van der Waals surface area contributed by atoms with Gasteiger partial charge in [0.15, 0.2) is 0 Å². The molecule has 1 aromatic heterocycles. The second-order valence-corrected chi connectivity index (χ2v) is 4.92. The summed E-state index contributed by atoms with van der Waals surface area (Å²) in [6.07, 6.45) is 0. The molecule has 0 saturated heterocycles. The van der Waals surface area contributed by atoms with Crippen LogP contribution in [-0.4, -0.2) is 22.1 Å². The summed E-state index contributed by atoms with van der Waals surface area (Å²) >= 11 is 0. The van der Waals surface area contributed by atoms with Gasteiger partial charge in [0.2, 0.25) is 11.9 Å². The molecular weight excluding hydrogens is 278 g/mol. The van der Waals surface area contributed by atoms with Crippen molar-refractivity contribution in [2.75, 3.05) is 11.9 Å². The van der Waals surface area contributed by atoms with Gasteiger partial charge in [-0.15, -0.1) is 0 Å². The number of hydrogen-bond donors (Lipinski definition) is 1. The van der Waals surface area contributed by atoms with E-state index in [2.05, 4.69) is 10.3 Å². The number of ether oxygens (including phenoxy) is 1. The number of amides is 1. The fourth-order valence-corrected chi connectivity index (χ4v) is 2.33. The molecule has 0 radical (unpaired) electrons. The smallest absolute Gasteiger partial charge is 0.223 e. The Kier molecular flexibility index (Phi) is 4.05. The van der Waals surface area contributed by atoms with Gasteiger partial charge in [0.1, 0.15) is 12.4 Å². The summed E-state index contributed by atoms with van der Waals surface area (Å²) in [6, 6.07) is 17.4. The maximum atomic E-state index is 11.3. The summed E-state index contributed by atoms with van der Waals surface area (Å²) in [5, 5.41) is 2.77. The summed E-state index contributed by atoms with van der Waals surface area (Å²) in [5.74, 6) is 1.24. The second kappa shape index (κ2) is 6.30. The largest absolute Gasteiger partial charge is 0.492 e. The van der Waals surface area contributed by atoms with E-state index < -0.39 is 0 Å². The standard InChI is InChI=1S/C17H17N3O2/c1-13(21)18-17-19-15-9-5-6-10-16(15)20(17)11-12-22-14-7-3-2-4-8-14/h2-10H,11-12H2,1H3,(H,18,19,21). The van der Waals surface area contributed by atoms with E-state index in [0.29, 0.717) is 19.1 Å². The van der Waals surface area contributed by atoms with Crippen molar-refractivity contribution in [1.29, 1.82) is 0 Å². The van der Waals surface area contributed by atoms with Crippen molar-refractivity contribution in [3.05, 3.63) is 54.6 Å². The molecule has 3 rings (SSSR count). The minimum Gasteiger partial charge on any atom is -0.492 e. The molecule has 1 N–H and O–H groups in total. The molecule has 0 aliphatic carbocycles. The zero-order valence-electron chi connectivity index (χ0n) is 12.3. The maximum absolute atomic E-state index is 11.3. The average molecular weight is 295 g/mol. The van der Waals surface area contributed by atoms with Crippen molar-refractivity contribution in [1.82, 2.24) is 9.55 Å². The molecule has 0 aliphatic rings. The van der Waals surface area contributed by atoms with Gasteiger partial charge in [0, 0.05) is 6.92 Å². The number of benzene rings is 2. The first-order valence-corrected chi connectivity index (χ1v) is 7.15. The van der Waals surface area contributed by atoms with Gasteiger partial charge in [0.25, 0.3) is 0 Å². The third-order valence-corrected chi connectivity index (χ3v) is 3.27. The fraction of sp³-hybridized carbons (Fsp3) is 0.176. The van der Waals surface area contributed by atoms with Crippen molar-refractivity contribution in [3.63, 3.8) is 0 Å². The lowest BCUT2D eigenvalue weighted by atomic mass is 10.3. The number of nitrogens with zero attached hydrogens (tertiary/aromatic N) is 2. The Morgan fingerprint density at radius 1 is 1.14 bits per heavy atom. The van der Waals surface area contributed by atoms with E-state index in [0.717, 1.165) is 16.8 Å². The molecule has 0 fully saturated rings. The number of carbonyl (C=O) groups is 1. The molecule has 0 unspecified atom stereocenters. The van der Waals surface area contributed by atoms with Gasteiger partial charge in [-0.1, -0.05) is 30.3 Å². The molecule has 0 aliphatic heterocycles. The minimum absolute atomic E-state index is 0.138. The molecule has 0 bridgehead atoms. The number of hydrogen-bond acceptors (Lipinski definition) is 3. The van der Waals surface area contributed by atoms with Gasteiger partial charge in [0.05, 0.1) is 17.6 Å². The van der Waals surface area contributed by atoms with Crippen LogP contribution < -0.4 is 10.1 Å². The highest BCUT2D eigenvalue weighted by Gasteiger charge is 2.11. The van der Waals surface area contributed by atoms with Gasteiger partial charge in [-0.05, 0) is 24.3 Å². The van der Waals surface area contributed by atoms with Crippen molar-refractivity contribution in [2.24, 2.45) is 0 Å². The summed E-state index contributed by atoms with van der Waals surface area (Å²) in [7, 11) is 0. The number of nitrogens with one attached hydrogen (secondary N) is 1. The quantitative estimate of drug-likeness (QED) is 0.787. The van der Waals surface area contributed by atoms with Crippen LogP contribution in [0.25, 0.3) is 11.0 Å². The molecule has 1 heterocycles. The van der Waals surface area contributed by atoms with E-state index >= 15 is 0 Å². The summed E-state index contributed by atoms with van der Waals surface area (Å²) in [5.41, 5.74) is 1.83. The highest BCUT2D eigenvalue weighted by atomic mass is 16.5. The van der Waals surface area contributed by atoms with Crippen LogP contribution >= 0.6 is 0 Å². The topological polar surface area (TPSA) is 56.2 Å². The first-order chi connectivity index (χ1) is 10.7. The van der Waals surface area contributed by atoms with Gasteiger partial charge in [-0.25, -0.2) is 4.98 Å². The molecule has 3 aromatic rings. The predicted octanol–water partition coefficient (Wildman–Crippen LogP) is 3.07. The average Bonchev–Trinajstić information content (AvgIpc) is 2.85. The number of carbonyl (C=O) groups excluding carboxylic acids is 1. The summed E-state index contributed by atoms with van der Waals surface area (Å²) in [6.45, 7) is 2.58. The Balaban J connectivity index is 1.80. The first-order valence-electron chi connectivity index (χ1n) is 7.15. The van der Waals surface area contributed by atoms with Crippen molar-refractivity contribution in [2.45, 2.75) is 13.5 Å². The Bertz CT molecular complexity index is 781. The van der Waals surface area contributed by atoms with E-state index in [1.54, 1.807) is 0 Å². The Morgan fingerprint density at radius 2 is 1.86 bits per heavy atom. The van der Waals surface area contributed by atoms with E-state index in [-0.39, 0.29) is 5.91 Å². The molecule has 0 atom stereocenters. The molecule has 1 amide bonds. The number of imidazole rings is 1. The second-order valence-electron chi connectivity index (χ2n) is 4.92. The molecular formula is C17H17N3O2. The molecule has 22 heavy (non-hydrogen) atoms. The monoisotopic (exact) mass is 295 g/mol. The normalized spacial score (nSPS) is 10.6. The lowest BCUT2D eigenvalue weighted by Crippen LogP contribution is -2.15. The van der Waals surface area contributed by atoms with Crippen LogP contribution in [0.4, 0.5) is 5.95 Å². The van der Waals surface area contributed by atoms with Crippen LogP contribution in [0.5, 0.6) is 5.75 Å². The number of fused-ring (bicyclic) bond motifs is 1. The van der Waals surface area contributed by atoms with Crippen LogP contribution in [0.15, 0.2) is 54.6 Å². The summed E-state index contributed by atoms with van der Waals surface area (Å²) < 4.78 is 7.68. The minimum atomic E-state index is -0.138. The van der Waals surface area contributed by atoms with Gasteiger partial charge < -0.3 is 9.30 Å². The molecule has 2 aromatic carbocycles. The number of para-hydroxylation sites is 3. The Labute approximate surface area is 128 Å². The third kappa shape index (κ3) is 3.09. The zero-order chi connectivity index (χ0) is 15.4. The molecule has 0 saturated carbocycles. The third-order valence-electron chi connectivity index (χ3n) is 3.27. The van der Waals surface area contributed by atoms with Gasteiger partial charge in [-0.2, -0.15) is 0 Å². The predicted molar refractivity (Wildman–Crippen MR) is 86.0 cm³/mol. The van der Waals surface area contributed by atoms with Crippen molar-refractivity contribution >= 4 is 22.9 Å². The van der Waals surface area contributed by atoms with Crippen LogP contribution in [0.1, 0.15) is 6.92 Å². The lowest BCUT2D eigenvalue weighted by Gasteiger charge is -2.10. The van der Waals surface area contributed by atoms with Gasteiger partial charge in [-0.3, -0.25) is 10.1 Å². The highest BCUT2D eigenvalue weighted by Crippen LogP contribution is 2.19. The fourth-order valence-electron chi connectivity index (χ4n) is 2.33. The number of anilines is 1. The molecule has 112 valence electrons. The molecule has 5 nitrogen and oxygen atoms in total. The maximum Gasteiger partial charge on any atom is 0.223 e. The first kappa shape index (κ1) is 14.1. The molecule has 0 spiro atoms. The van der Waals surface area contributed by atoms with E-state index in [1.807, 2.05) is 59.2 Å².